The summed E-state index contributed by atoms with van der Waals surface area (Å²) in [4.78, 5) is 14.6. The zero-order valence-electron chi connectivity index (χ0n) is 16.1. The standard InChI is InChI=1S/C20H29N3O2/c1-7-23(13-17(24)15-10-8-14(2)9-11-15)19(25)16-12-18(20(3,4)5)21-22(16)6/h8-12,17,24H,7,13H2,1-6H3. The van der Waals surface area contributed by atoms with E-state index in [1.54, 1.807) is 16.6 Å². The molecule has 0 aliphatic heterocycles. The molecule has 1 heterocycles. The molecule has 1 aromatic carbocycles. The number of amides is 1. The molecule has 2 rings (SSSR count). The Morgan fingerprint density at radius 2 is 1.88 bits per heavy atom. The Balaban J connectivity index is 2.18. The van der Waals surface area contributed by atoms with Crippen LogP contribution in [0.1, 0.15) is 61.1 Å². The number of aliphatic hydroxyl groups excluding tert-OH is 1. The van der Waals surface area contributed by atoms with Gasteiger partial charge in [-0.3, -0.25) is 9.48 Å². The number of hydrogen-bond donors (Lipinski definition) is 1. The summed E-state index contributed by atoms with van der Waals surface area (Å²) in [7, 11) is 1.78. The van der Waals surface area contributed by atoms with Crippen LogP contribution in [-0.4, -0.2) is 38.8 Å². The highest BCUT2D eigenvalue weighted by atomic mass is 16.3. The first-order chi connectivity index (χ1) is 11.6. The first kappa shape index (κ1) is 19.2. The van der Waals surface area contributed by atoms with Gasteiger partial charge in [-0.15, -0.1) is 0 Å². The van der Waals surface area contributed by atoms with Gasteiger partial charge in [0.25, 0.3) is 5.91 Å². The van der Waals surface area contributed by atoms with E-state index in [1.807, 2.05) is 44.2 Å². The maximum Gasteiger partial charge on any atom is 0.272 e. The van der Waals surface area contributed by atoms with Crippen LogP contribution < -0.4 is 0 Å². The normalized spacial score (nSPS) is 12.9. The van der Waals surface area contributed by atoms with Crippen LogP contribution in [0.2, 0.25) is 0 Å². The van der Waals surface area contributed by atoms with Crippen LogP contribution in [0.25, 0.3) is 0 Å². The molecule has 0 fully saturated rings. The van der Waals surface area contributed by atoms with Crippen LogP contribution in [0.15, 0.2) is 30.3 Å². The third kappa shape index (κ3) is 4.48. The maximum atomic E-state index is 12.9. The summed E-state index contributed by atoms with van der Waals surface area (Å²) < 4.78 is 1.63. The fourth-order valence-electron chi connectivity index (χ4n) is 2.65. The van der Waals surface area contributed by atoms with Gasteiger partial charge in [0.15, 0.2) is 0 Å². The second-order valence-electron chi connectivity index (χ2n) is 7.56. The van der Waals surface area contributed by atoms with Crippen molar-refractivity contribution in [2.24, 2.45) is 7.05 Å². The summed E-state index contributed by atoms with van der Waals surface area (Å²) in [5.41, 5.74) is 3.27. The van der Waals surface area contributed by atoms with E-state index in [0.29, 0.717) is 12.2 Å². The number of likely N-dealkylation sites (N-methyl/N-ethyl adjacent to an activating group) is 1. The molecule has 1 unspecified atom stereocenters. The van der Waals surface area contributed by atoms with E-state index in [4.69, 9.17) is 0 Å². The van der Waals surface area contributed by atoms with E-state index in [2.05, 4.69) is 25.9 Å². The Morgan fingerprint density at radius 3 is 2.36 bits per heavy atom. The molecule has 0 aliphatic carbocycles. The molecule has 0 bridgehead atoms. The van der Waals surface area contributed by atoms with Gasteiger partial charge >= 0.3 is 0 Å². The fourth-order valence-corrected chi connectivity index (χ4v) is 2.65. The number of carbonyl (C=O) groups is 1. The van der Waals surface area contributed by atoms with Crippen LogP contribution in [0, 0.1) is 6.92 Å². The number of hydrogen-bond acceptors (Lipinski definition) is 3. The number of benzene rings is 1. The van der Waals surface area contributed by atoms with Crippen molar-refractivity contribution in [2.45, 2.75) is 46.1 Å². The lowest BCUT2D eigenvalue weighted by atomic mass is 9.92. The first-order valence-electron chi connectivity index (χ1n) is 8.72. The molecule has 0 saturated carbocycles. The summed E-state index contributed by atoms with van der Waals surface area (Å²) in [5, 5.41) is 15.0. The Kier molecular flexibility index (Phi) is 5.68. The molecule has 0 radical (unpaired) electrons. The van der Waals surface area contributed by atoms with Crippen molar-refractivity contribution in [2.75, 3.05) is 13.1 Å². The van der Waals surface area contributed by atoms with Crippen molar-refractivity contribution in [1.82, 2.24) is 14.7 Å². The molecule has 0 aliphatic rings. The molecular formula is C20H29N3O2. The van der Waals surface area contributed by atoms with Crippen LogP contribution in [0.5, 0.6) is 0 Å². The molecule has 1 aromatic heterocycles. The zero-order valence-corrected chi connectivity index (χ0v) is 16.1. The van der Waals surface area contributed by atoms with Gasteiger partial charge < -0.3 is 10.0 Å². The number of rotatable bonds is 5. The van der Waals surface area contributed by atoms with Crippen molar-refractivity contribution in [3.63, 3.8) is 0 Å². The van der Waals surface area contributed by atoms with Crippen molar-refractivity contribution >= 4 is 5.91 Å². The summed E-state index contributed by atoms with van der Waals surface area (Å²) in [6, 6.07) is 9.59. The van der Waals surface area contributed by atoms with Gasteiger partial charge in [-0.2, -0.15) is 5.10 Å². The minimum absolute atomic E-state index is 0.112. The second kappa shape index (κ2) is 7.40. The van der Waals surface area contributed by atoms with Gasteiger partial charge in [0.05, 0.1) is 18.3 Å². The van der Waals surface area contributed by atoms with Crippen molar-refractivity contribution < 1.29 is 9.90 Å². The SMILES string of the molecule is CCN(CC(O)c1ccc(C)cc1)C(=O)c1cc(C(C)(C)C)nn1C. The Morgan fingerprint density at radius 1 is 1.28 bits per heavy atom. The molecule has 1 atom stereocenters. The second-order valence-corrected chi connectivity index (χ2v) is 7.56. The van der Waals surface area contributed by atoms with Gasteiger partial charge in [-0.25, -0.2) is 0 Å². The lowest BCUT2D eigenvalue weighted by Gasteiger charge is -2.24. The van der Waals surface area contributed by atoms with Crippen molar-refractivity contribution in [1.29, 1.82) is 0 Å². The first-order valence-corrected chi connectivity index (χ1v) is 8.72. The fraction of sp³-hybridized carbons (Fsp3) is 0.500. The molecule has 0 spiro atoms. The Labute approximate surface area is 150 Å². The van der Waals surface area contributed by atoms with Crippen LogP contribution in [0.3, 0.4) is 0 Å². The molecule has 25 heavy (non-hydrogen) atoms. The van der Waals surface area contributed by atoms with Crippen LogP contribution in [0.4, 0.5) is 0 Å². The van der Waals surface area contributed by atoms with Crippen LogP contribution in [-0.2, 0) is 12.5 Å². The van der Waals surface area contributed by atoms with Gasteiger partial charge in [-0.1, -0.05) is 50.6 Å². The quantitative estimate of drug-likeness (QED) is 0.907. The molecule has 5 heteroatoms. The van der Waals surface area contributed by atoms with E-state index in [9.17, 15) is 9.90 Å². The van der Waals surface area contributed by atoms with Crippen molar-refractivity contribution in [3.05, 3.63) is 52.8 Å². The highest BCUT2D eigenvalue weighted by Crippen LogP contribution is 2.22. The highest BCUT2D eigenvalue weighted by molar-refractivity contribution is 5.92. The van der Waals surface area contributed by atoms with Gasteiger partial charge in [0, 0.05) is 19.0 Å². The van der Waals surface area contributed by atoms with Gasteiger partial charge in [0.1, 0.15) is 5.69 Å². The third-order valence-corrected chi connectivity index (χ3v) is 4.39. The summed E-state index contributed by atoms with van der Waals surface area (Å²) in [6.07, 6.45) is -0.709. The lowest BCUT2D eigenvalue weighted by Crippen LogP contribution is -2.35. The number of aromatic nitrogens is 2. The molecule has 5 nitrogen and oxygen atoms in total. The van der Waals surface area contributed by atoms with E-state index in [-0.39, 0.29) is 17.9 Å². The maximum absolute atomic E-state index is 12.9. The minimum atomic E-state index is -0.709. The largest absolute Gasteiger partial charge is 0.387 e. The summed E-state index contributed by atoms with van der Waals surface area (Å²) in [6.45, 7) is 10.9. The predicted octanol–water partition coefficient (Wildman–Crippen LogP) is 3.22. The molecule has 0 saturated heterocycles. The van der Waals surface area contributed by atoms with E-state index >= 15 is 0 Å². The molecule has 1 amide bonds. The average Bonchev–Trinajstić information content (AvgIpc) is 2.94. The zero-order chi connectivity index (χ0) is 18.8. The third-order valence-electron chi connectivity index (χ3n) is 4.39. The van der Waals surface area contributed by atoms with E-state index in [1.165, 1.54) is 0 Å². The average molecular weight is 343 g/mol. The number of aliphatic hydroxyl groups is 1. The monoisotopic (exact) mass is 343 g/mol. The molecular weight excluding hydrogens is 314 g/mol. The predicted molar refractivity (Wildman–Crippen MR) is 99.6 cm³/mol. The topological polar surface area (TPSA) is 58.4 Å². The number of aryl methyl sites for hydroxylation is 2. The smallest absolute Gasteiger partial charge is 0.272 e. The van der Waals surface area contributed by atoms with E-state index in [0.717, 1.165) is 16.8 Å². The molecule has 136 valence electrons. The summed E-state index contributed by atoms with van der Waals surface area (Å²) >= 11 is 0. The van der Waals surface area contributed by atoms with Crippen LogP contribution >= 0.6 is 0 Å². The number of nitrogens with zero attached hydrogens (tertiary/aromatic N) is 3. The van der Waals surface area contributed by atoms with E-state index < -0.39 is 6.10 Å². The minimum Gasteiger partial charge on any atom is -0.387 e. The Hall–Kier alpha value is -2.14. The summed E-state index contributed by atoms with van der Waals surface area (Å²) in [5.74, 6) is -0.112. The van der Waals surface area contributed by atoms with Crippen molar-refractivity contribution in [3.8, 4) is 0 Å². The molecule has 2 aromatic rings. The number of carbonyl (C=O) groups excluding carboxylic acids is 1. The molecule has 1 N–H and O–H groups in total. The highest BCUT2D eigenvalue weighted by Gasteiger charge is 2.25. The van der Waals surface area contributed by atoms with Gasteiger partial charge in [0.2, 0.25) is 0 Å². The Bertz CT molecular complexity index is 726. The van der Waals surface area contributed by atoms with Gasteiger partial charge in [-0.05, 0) is 25.5 Å². The lowest BCUT2D eigenvalue weighted by molar-refractivity contribution is 0.0624.